The molecule has 0 amide bonds. The van der Waals surface area contributed by atoms with Crippen molar-refractivity contribution in [1.82, 2.24) is 0 Å². The standard InChI is InChI=1S/C30H48O3S.Na/c1-3-5-7-9-11-13-15-17-20-26-24-28-22-19-23-30(34(31,32)33)29(28)25-27(26)21-18-16-14-12-10-8-6-4-2;/h19,22-25H,3-18,20-21H2,1-2H3,(H,31,32,33);/q;+1/p-1. The topological polar surface area (TPSA) is 57.2 Å². The van der Waals surface area contributed by atoms with E-state index in [-0.39, 0.29) is 34.5 Å². The molecule has 0 aromatic heterocycles. The van der Waals surface area contributed by atoms with E-state index in [0.29, 0.717) is 5.39 Å². The van der Waals surface area contributed by atoms with Gasteiger partial charge in [-0.25, -0.2) is 8.42 Å². The van der Waals surface area contributed by atoms with E-state index >= 15 is 0 Å². The largest absolute Gasteiger partial charge is 1.00 e. The van der Waals surface area contributed by atoms with Crippen LogP contribution < -0.4 is 29.6 Å². The van der Waals surface area contributed by atoms with Gasteiger partial charge < -0.3 is 4.55 Å². The quantitative estimate of drug-likeness (QED) is 0.130. The molecule has 0 atom stereocenters. The van der Waals surface area contributed by atoms with Crippen molar-refractivity contribution in [2.24, 2.45) is 0 Å². The Bertz CT molecular complexity index is 940. The van der Waals surface area contributed by atoms with Gasteiger partial charge in [0.1, 0.15) is 10.1 Å². The van der Waals surface area contributed by atoms with Crippen molar-refractivity contribution < 1.29 is 42.5 Å². The van der Waals surface area contributed by atoms with E-state index in [1.165, 1.54) is 114 Å². The molecule has 0 unspecified atom stereocenters. The zero-order chi connectivity index (χ0) is 24.7. The van der Waals surface area contributed by atoms with Gasteiger partial charge in [-0.05, 0) is 59.7 Å². The minimum Gasteiger partial charge on any atom is -0.744 e. The number of hydrogen-bond acceptors (Lipinski definition) is 3. The summed E-state index contributed by atoms with van der Waals surface area (Å²) in [4.78, 5) is -0.0826. The van der Waals surface area contributed by atoms with E-state index in [0.717, 1.165) is 24.6 Å². The maximum atomic E-state index is 11.8. The van der Waals surface area contributed by atoms with Gasteiger partial charge in [-0.15, -0.1) is 0 Å². The van der Waals surface area contributed by atoms with Gasteiger partial charge in [-0.1, -0.05) is 122 Å². The number of benzene rings is 2. The molecule has 0 spiro atoms. The van der Waals surface area contributed by atoms with E-state index in [9.17, 15) is 13.0 Å². The Kier molecular flexibility index (Phi) is 17.5. The average molecular weight is 511 g/mol. The van der Waals surface area contributed by atoms with E-state index in [2.05, 4.69) is 19.9 Å². The summed E-state index contributed by atoms with van der Waals surface area (Å²) in [6.45, 7) is 4.50. The fourth-order valence-electron chi connectivity index (χ4n) is 4.97. The van der Waals surface area contributed by atoms with Gasteiger partial charge in [-0.2, -0.15) is 0 Å². The van der Waals surface area contributed by atoms with Crippen LogP contribution in [0.25, 0.3) is 10.8 Å². The monoisotopic (exact) mass is 510 g/mol. The first-order valence-corrected chi connectivity index (χ1v) is 15.4. The molecule has 0 fully saturated rings. The molecule has 2 rings (SSSR count). The molecule has 0 bridgehead atoms. The van der Waals surface area contributed by atoms with Crippen molar-refractivity contribution in [2.45, 2.75) is 134 Å². The molecule has 192 valence electrons. The second kappa shape index (κ2) is 18.8. The second-order valence-corrected chi connectivity index (χ2v) is 11.4. The number of hydrogen-bond donors (Lipinski definition) is 0. The predicted octanol–water partition coefficient (Wildman–Crippen LogP) is 6.11. The van der Waals surface area contributed by atoms with E-state index < -0.39 is 10.1 Å². The molecule has 0 aliphatic carbocycles. The molecular weight excluding hydrogens is 463 g/mol. The number of rotatable bonds is 19. The summed E-state index contributed by atoms with van der Waals surface area (Å²) in [7, 11) is -4.48. The van der Waals surface area contributed by atoms with Crippen LogP contribution in [0.15, 0.2) is 35.2 Å². The minimum absolute atomic E-state index is 0. The van der Waals surface area contributed by atoms with Gasteiger partial charge in [0.2, 0.25) is 0 Å². The van der Waals surface area contributed by atoms with Crippen molar-refractivity contribution in [3.63, 3.8) is 0 Å². The fraction of sp³-hybridized carbons (Fsp3) is 0.667. The van der Waals surface area contributed by atoms with Crippen molar-refractivity contribution in [2.75, 3.05) is 0 Å². The summed E-state index contributed by atoms with van der Waals surface area (Å²) in [5.74, 6) is 0. The van der Waals surface area contributed by atoms with Gasteiger partial charge >= 0.3 is 29.6 Å². The smallest absolute Gasteiger partial charge is 0.744 e. The van der Waals surface area contributed by atoms with Crippen molar-refractivity contribution in [1.29, 1.82) is 0 Å². The van der Waals surface area contributed by atoms with E-state index in [4.69, 9.17) is 0 Å². The third-order valence-corrected chi connectivity index (χ3v) is 7.92. The van der Waals surface area contributed by atoms with Crippen LogP contribution in [-0.4, -0.2) is 13.0 Å². The van der Waals surface area contributed by atoms with Crippen LogP contribution in [0.3, 0.4) is 0 Å². The molecule has 0 aliphatic rings. The average Bonchev–Trinajstić information content (AvgIpc) is 2.81. The molecule has 2 aromatic rings. The van der Waals surface area contributed by atoms with Crippen molar-refractivity contribution in [3.8, 4) is 0 Å². The molecule has 0 N–H and O–H groups in total. The normalized spacial score (nSPS) is 11.6. The maximum absolute atomic E-state index is 11.8. The Balaban J connectivity index is 0.00000612. The Morgan fingerprint density at radius 1 is 0.629 bits per heavy atom. The van der Waals surface area contributed by atoms with Crippen molar-refractivity contribution in [3.05, 3.63) is 41.5 Å². The molecule has 0 saturated heterocycles. The SMILES string of the molecule is CCCCCCCCCCc1cc2cccc(S(=O)(=O)[O-])c2cc1CCCCCCCCCC.[Na+]. The van der Waals surface area contributed by atoms with Gasteiger partial charge in [0.25, 0.3) is 0 Å². The molecule has 0 saturated carbocycles. The minimum atomic E-state index is -4.48. The van der Waals surface area contributed by atoms with E-state index in [1.807, 2.05) is 12.1 Å². The molecular formula is C30H47NaO3S. The molecule has 0 aliphatic heterocycles. The van der Waals surface area contributed by atoms with E-state index in [1.54, 1.807) is 6.07 Å². The summed E-state index contributed by atoms with van der Waals surface area (Å²) < 4.78 is 35.5. The Morgan fingerprint density at radius 3 is 1.51 bits per heavy atom. The van der Waals surface area contributed by atoms with Crippen LogP contribution >= 0.6 is 0 Å². The van der Waals surface area contributed by atoms with Crippen molar-refractivity contribution >= 4 is 20.9 Å². The Hall–Kier alpha value is -0.390. The van der Waals surface area contributed by atoms with Crippen LogP contribution in [0.5, 0.6) is 0 Å². The summed E-state index contributed by atoms with van der Waals surface area (Å²) in [5.41, 5.74) is 2.57. The van der Waals surface area contributed by atoms with Gasteiger partial charge in [-0.3, -0.25) is 0 Å². The van der Waals surface area contributed by atoms with Crippen LogP contribution in [-0.2, 0) is 23.0 Å². The van der Waals surface area contributed by atoms with Crippen LogP contribution in [0.1, 0.15) is 128 Å². The van der Waals surface area contributed by atoms with Gasteiger partial charge in [0.05, 0.1) is 4.90 Å². The first kappa shape index (κ1) is 32.6. The summed E-state index contributed by atoms with van der Waals surface area (Å²) in [6, 6.07) is 9.21. The first-order valence-electron chi connectivity index (χ1n) is 14.0. The Morgan fingerprint density at radius 2 is 1.06 bits per heavy atom. The first-order chi connectivity index (χ1) is 16.5. The maximum Gasteiger partial charge on any atom is 1.00 e. The third kappa shape index (κ3) is 12.6. The molecule has 35 heavy (non-hydrogen) atoms. The predicted molar refractivity (Wildman–Crippen MR) is 145 cm³/mol. The second-order valence-electron chi connectivity index (χ2n) is 10.0. The molecule has 2 aromatic carbocycles. The van der Waals surface area contributed by atoms with Crippen LogP contribution in [0.2, 0.25) is 0 Å². The number of unbranched alkanes of at least 4 members (excludes halogenated alkanes) is 14. The van der Waals surface area contributed by atoms with Crippen LogP contribution in [0, 0.1) is 0 Å². The fourth-order valence-corrected chi connectivity index (χ4v) is 5.66. The summed E-state index contributed by atoms with van der Waals surface area (Å²) in [6.07, 6.45) is 22.6. The Labute approximate surface area is 237 Å². The molecule has 5 heteroatoms. The molecule has 0 radical (unpaired) electrons. The molecule has 3 nitrogen and oxygen atoms in total. The third-order valence-electron chi connectivity index (χ3n) is 7.03. The summed E-state index contributed by atoms with van der Waals surface area (Å²) in [5, 5.41) is 1.46. The van der Waals surface area contributed by atoms with Gasteiger partial charge in [0, 0.05) is 0 Å². The van der Waals surface area contributed by atoms with Gasteiger partial charge in [0.15, 0.2) is 0 Å². The zero-order valence-electron chi connectivity index (χ0n) is 22.7. The molecule has 0 heterocycles. The zero-order valence-corrected chi connectivity index (χ0v) is 25.6. The number of fused-ring (bicyclic) bond motifs is 1. The number of aryl methyl sites for hydroxylation is 2. The van der Waals surface area contributed by atoms with Crippen LogP contribution in [0.4, 0.5) is 0 Å². The summed E-state index contributed by atoms with van der Waals surface area (Å²) >= 11 is 0.